The van der Waals surface area contributed by atoms with E-state index in [0.717, 1.165) is 12.0 Å². The van der Waals surface area contributed by atoms with E-state index in [1.54, 1.807) is 12.3 Å². The van der Waals surface area contributed by atoms with Crippen molar-refractivity contribution in [3.05, 3.63) is 23.9 Å². The molecule has 3 N–H and O–H groups in total. The number of nitrogens with zero attached hydrogens (tertiary/aromatic N) is 1. The molecule has 0 aromatic carbocycles. The van der Waals surface area contributed by atoms with E-state index in [0.29, 0.717) is 12.4 Å². The van der Waals surface area contributed by atoms with Crippen molar-refractivity contribution in [2.75, 3.05) is 18.4 Å². The normalized spacial score (nSPS) is 9.67. The molecule has 6 heteroatoms. The summed E-state index contributed by atoms with van der Waals surface area (Å²) < 4.78 is 0. The molecule has 0 radical (unpaired) electrons. The number of aryl methyl sites for hydroxylation is 1. The molecular formula is C12H18N4O2. The summed E-state index contributed by atoms with van der Waals surface area (Å²) in [5.41, 5.74) is 1.01. The number of carbonyl (C=O) groups excluding carboxylic acids is 2. The molecule has 0 unspecified atom stereocenters. The van der Waals surface area contributed by atoms with Crippen LogP contribution in [0.1, 0.15) is 18.9 Å². The maximum Gasteiger partial charge on any atom is 0.320 e. The molecule has 0 saturated carbocycles. The number of hydrogen-bond donors (Lipinski definition) is 3. The maximum atomic E-state index is 11.4. The van der Waals surface area contributed by atoms with Crippen LogP contribution in [0.25, 0.3) is 0 Å². The Morgan fingerprint density at radius 3 is 2.67 bits per heavy atom. The van der Waals surface area contributed by atoms with Crippen LogP contribution in [0.5, 0.6) is 0 Å². The molecule has 0 aliphatic rings. The Hall–Kier alpha value is -2.11. The number of carbonyl (C=O) groups is 2. The van der Waals surface area contributed by atoms with Crippen LogP contribution in [0.15, 0.2) is 18.3 Å². The predicted octanol–water partition coefficient (Wildman–Crippen LogP) is 1.04. The quantitative estimate of drug-likeness (QED) is 0.730. The summed E-state index contributed by atoms with van der Waals surface area (Å²) in [5, 5.41) is 7.65. The summed E-state index contributed by atoms with van der Waals surface area (Å²) in [5.74, 6) is 0.246. The molecule has 98 valence electrons. The molecule has 0 bridgehead atoms. The standard InChI is InChI=1S/C12H18N4O2/c1-3-6-13-11(17)8-15-12(18)16-10-5-4-9(2)7-14-10/h4-5,7H,3,6,8H2,1-2H3,(H,13,17)(H2,14,15,16,18). The highest BCUT2D eigenvalue weighted by Crippen LogP contribution is 2.02. The van der Waals surface area contributed by atoms with E-state index in [1.807, 2.05) is 19.9 Å². The largest absolute Gasteiger partial charge is 0.355 e. The SMILES string of the molecule is CCCNC(=O)CNC(=O)Nc1ccc(C)cn1. The lowest BCUT2D eigenvalue weighted by Crippen LogP contribution is -2.39. The summed E-state index contributed by atoms with van der Waals surface area (Å²) in [4.78, 5) is 26.7. The van der Waals surface area contributed by atoms with Crippen molar-refractivity contribution in [3.8, 4) is 0 Å². The number of pyridine rings is 1. The van der Waals surface area contributed by atoms with Gasteiger partial charge < -0.3 is 10.6 Å². The van der Waals surface area contributed by atoms with E-state index >= 15 is 0 Å². The maximum absolute atomic E-state index is 11.4. The molecule has 18 heavy (non-hydrogen) atoms. The van der Waals surface area contributed by atoms with E-state index in [-0.39, 0.29) is 12.5 Å². The first-order chi connectivity index (χ1) is 8.61. The van der Waals surface area contributed by atoms with Crippen LogP contribution >= 0.6 is 0 Å². The topological polar surface area (TPSA) is 83.1 Å². The van der Waals surface area contributed by atoms with E-state index in [4.69, 9.17) is 0 Å². The predicted molar refractivity (Wildman–Crippen MR) is 69.3 cm³/mol. The number of anilines is 1. The van der Waals surface area contributed by atoms with Crippen molar-refractivity contribution in [1.29, 1.82) is 0 Å². The first-order valence-electron chi connectivity index (χ1n) is 5.86. The third-order valence-electron chi connectivity index (χ3n) is 2.13. The minimum Gasteiger partial charge on any atom is -0.355 e. The van der Waals surface area contributed by atoms with Crippen LogP contribution in [0.3, 0.4) is 0 Å². The number of urea groups is 1. The Balaban J connectivity index is 2.29. The Morgan fingerprint density at radius 2 is 2.06 bits per heavy atom. The third-order valence-corrected chi connectivity index (χ3v) is 2.13. The minimum atomic E-state index is -0.446. The van der Waals surface area contributed by atoms with Crippen LogP contribution in [0, 0.1) is 6.92 Å². The Kier molecular flexibility index (Phi) is 5.63. The Morgan fingerprint density at radius 1 is 1.28 bits per heavy atom. The molecule has 1 heterocycles. The van der Waals surface area contributed by atoms with Gasteiger partial charge in [-0.15, -0.1) is 0 Å². The first-order valence-corrected chi connectivity index (χ1v) is 5.86. The van der Waals surface area contributed by atoms with Gasteiger partial charge in [0.25, 0.3) is 0 Å². The van der Waals surface area contributed by atoms with Gasteiger partial charge in [-0.1, -0.05) is 13.0 Å². The number of nitrogens with one attached hydrogen (secondary N) is 3. The molecule has 6 nitrogen and oxygen atoms in total. The summed E-state index contributed by atoms with van der Waals surface area (Å²) in [6.07, 6.45) is 2.52. The second-order valence-corrected chi connectivity index (χ2v) is 3.88. The highest BCUT2D eigenvalue weighted by molar-refractivity contribution is 5.91. The van der Waals surface area contributed by atoms with Gasteiger partial charge >= 0.3 is 6.03 Å². The van der Waals surface area contributed by atoms with Gasteiger partial charge in [-0.2, -0.15) is 0 Å². The molecular weight excluding hydrogens is 232 g/mol. The summed E-state index contributed by atoms with van der Waals surface area (Å²) in [7, 11) is 0. The summed E-state index contributed by atoms with van der Waals surface area (Å²) in [6.45, 7) is 4.44. The van der Waals surface area contributed by atoms with Crippen molar-refractivity contribution in [2.24, 2.45) is 0 Å². The zero-order valence-electron chi connectivity index (χ0n) is 10.6. The lowest BCUT2D eigenvalue weighted by Gasteiger charge is -2.07. The molecule has 0 aliphatic carbocycles. The summed E-state index contributed by atoms with van der Waals surface area (Å²) in [6, 6.07) is 3.10. The smallest absolute Gasteiger partial charge is 0.320 e. The Labute approximate surface area is 106 Å². The van der Waals surface area contributed by atoms with Crippen molar-refractivity contribution in [3.63, 3.8) is 0 Å². The van der Waals surface area contributed by atoms with Crippen LogP contribution in [0.4, 0.5) is 10.6 Å². The lowest BCUT2D eigenvalue weighted by atomic mass is 10.3. The highest BCUT2D eigenvalue weighted by atomic mass is 16.2. The van der Waals surface area contributed by atoms with Crippen molar-refractivity contribution in [1.82, 2.24) is 15.6 Å². The number of rotatable bonds is 5. The monoisotopic (exact) mass is 250 g/mol. The first kappa shape index (κ1) is 14.0. The van der Waals surface area contributed by atoms with Gasteiger partial charge in [0.05, 0.1) is 6.54 Å². The van der Waals surface area contributed by atoms with E-state index in [2.05, 4.69) is 20.9 Å². The van der Waals surface area contributed by atoms with E-state index in [1.165, 1.54) is 0 Å². The Bertz CT molecular complexity index is 403. The van der Waals surface area contributed by atoms with Gasteiger partial charge in [0.15, 0.2) is 0 Å². The zero-order chi connectivity index (χ0) is 13.4. The molecule has 1 aromatic heterocycles. The second-order valence-electron chi connectivity index (χ2n) is 3.88. The van der Waals surface area contributed by atoms with Crippen LogP contribution in [-0.2, 0) is 4.79 Å². The number of hydrogen-bond acceptors (Lipinski definition) is 3. The molecule has 0 spiro atoms. The molecule has 3 amide bonds. The fourth-order valence-corrected chi connectivity index (χ4v) is 1.19. The van der Waals surface area contributed by atoms with Crippen molar-refractivity contribution < 1.29 is 9.59 Å². The second kappa shape index (κ2) is 7.26. The average molecular weight is 250 g/mol. The third kappa shape index (κ3) is 5.29. The molecule has 0 saturated heterocycles. The molecule has 0 atom stereocenters. The summed E-state index contributed by atoms with van der Waals surface area (Å²) >= 11 is 0. The molecule has 1 aromatic rings. The molecule has 1 rings (SSSR count). The number of aromatic nitrogens is 1. The minimum absolute atomic E-state index is 0.0440. The molecule has 0 aliphatic heterocycles. The van der Waals surface area contributed by atoms with Gasteiger partial charge in [-0.3, -0.25) is 10.1 Å². The van der Waals surface area contributed by atoms with Crippen LogP contribution < -0.4 is 16.0 Å². The average Bonchev–Trinajstić information content (AvgIpc) is 2.36. The van der Waals surface area contributed by atoms with Crippen molar-refractivity contribution in [2.45, 2.75) is 20.3 Å². The van der Waals surface area contributed by atoms with E-state index < -0.39 is 6.03 Å². The lowest BCUT2D eigenvalue weighted by molar-refractivity contribution is -0.120. The van der Waals surface area contributed by atoms with Crippen molar-refractivity contribution >= 4 is 17.8 Å². The van der Waals surface area contributed by atoms with Gasteiger partial charge in [0.1, 0.15) is 5.82 Å². The zero-order valence-corrected chi connectivity index (χ0v) is 10.6. The van der Waals surface area contributed by atoms with Crippen LogP contribution in [0.2, 0.25) is 0 Å². The van der Waals surface area contributed by atoms with E-state index in [9.17, 15) is 9.59 Å². The van der Waals surface area contributed by atoms with Gasteiger partial charge in [-0.05, 0) is 25.0 Å². The highest BCUT2D eigenvalue weighted by Gasteiger charge is 2.05. The fourth-order valence-electron chi connectivity index (χ4n) is 1.19. The fraction of sp³-hybridized carbons (Fsp3) is 0.417. The van der Waals surface area contributed by atoms with Gasteiger partial charge in [-0.25, -0.2) is 9.78 Å². The molecule has 0 fully saturated rings. The van der Waals surface area contributed by atoms with Gasteiger partial charge in [0.2, 0.25) is 5.91 Å². The van der Waals surface area contributed by atoms with Crippen LogP contribution in [-0.4, -0.2) is 30.0 Å². The number of amides is 3. The van der Waals surface area contributed by atoms with Gasteiger partial charge in [0, 0.05) is 12.7 Å².